The zero-order valence-electron chi connectivity index (χ0n) is 19.0. The van der Waals surface area contributed by atoms with Crippen LogP contribution < -0.4 is 0 Å². The highest BCUT2D eigenvalue weighted by atomic mass is 16.2. The van der Waals surface area contributed by atoms with Gasteiger partial charge in [0.15, 0.2) is 5.82 Å². The molecule has 1 aliphatic heterocycles. The lowest BCUT2D eigenvalue weighted by Gasteiger charge is -2.23. The highest BCUT2D eigenvalue weighted by molar-refractivity contribution is 5.91. The van der Waals surface area contributed by atoms with Crippen molar-refractivity contribution in [3.05, 3.63) is 77.9 Å². The highest BCUT2D eigenvalue weighted by Crippen LogP contribution is 2.23. The van der Waals surface area contributed by atoms with Gasteiger partial charge >= 0.3 is 0 Å². The minimum atomic E-state index is -0.272. The summed E-state index contributed by atoms with van der Waals surface area (Å²) in [5, 5.41) is 0. The summed E-state index contributed by atoms with van der Waals surface area (Å²) in [7, 11) is 1.81. The summed E-state index contributed by atoms with van der Waals surface area (Å²) in [6.45, 7) is 6.20. The Morgan fingerprint density at radius 2 is 1.88 bits per heavy atom. The zero-order valence-corrected chi connectivity index (χ0v) is 19.0. The highest BCUT2D eigenvalue weighted by Gasteiger charge is 2.33. The van der Waals surface area contributed by atoms with Crippen molar-refractivity contribution in [3.63, 3.8) is 0 Å². The van der Waals surface area contributed by atoms with Gasteiger partial charge in [-0.05, 0) is 37.0 Å². The molecule has 32 heavy (non-hydrogen) atoms. The lowest BCUT2D eigenvalue weighted by Crippen LogP contribution is -2.38. The van der Waals surface area contributed by atoms with Crippen molar-refractivity contribution >= 4 is 11.8 Å². The summed E-state index contributed by atoms with van der Waals surface area (Å²) in [4.78, 5) is 34.1. The first-order chi connectivity index (χ1) is 15.5. The zero-order chi connectivity index (χ0) is 22.7. The number of nitrogens with zero attached hydrogens (tertiary/aromatic N) is 4. The number of carbonyl (C=O) groups is 2. The average Bonchev–Trinajstić information content (AvgIpc) is 3.16. The van der Waals surface area contributed by atoms with Crippen molar-refractivity contribution in [2.75, 3.05) is 26.2 Å². The van der Waals surface area contributed by atoms with E-state index in [2.05, 4.69) is 60.4 Å². The molecule has 2 amide bonds. The van der Waals surface area contributed by atoms with Gasteiger partial charge in [0.2, 0.25) is 5.91 Å². The SMILES string of the molecule is CCN1CCN(C(=O)c2nccn2C)C[C@@H](Cc2ccc(-c3cccc(C)c3)cc2)C1=O. The minimum Gasteiger partial charge on any atom is -0.341 e. The Bertz CT molecular complexity index is 1100. The van der Waals surface area contributed by atoms with Crippen LogP contribution in [0.4, 0.5) is 0 Å². The van der Waals surface area contributed by atoms with E-state index in [9.17, 15) is 9.59 Å². The number of aromatic nitrogens is 2. The van der Waals surface area contributed by atoms with Crippen LogP contribution in [-0.4, -0.2) is 57.3 Å². The smallest absolute Gasteiger partial charge is 0.289 e. The van der Waals surface area contributed by atoms with E-state index in [-0.39, 0.29) is 17.7 Å². The molecule has 6 nitrogen and oxygen atoms in total. The molecule has 2 aromatic carbocycles. The number of hydrogen-bond acceptors (Lipinski definition) is 3. The predicted octanol–water partition coefficient (Wildman–Crippen LogP) is 3.56. The molecule has 1 aliphatic rings. The third kappa shape index (κ3) is 4.59. The van der Waals surface area contributed by atoms with Crippen molar-refractivity contribution in [2.45, 2.75) is 20.3 Å². The molecule has 0 saturated carbocycles. The fraction of sp³-hybridized carbons (Fsp3) is 0.346. The minimum absolute atomic E-state index is 0.116. The van der Waals surface area contributed by atoms with Crippen LogP contribution in [0.1, 0.15) is 28.7 Å². The topological polar surface area (TPSA) is 58.4 Å². The largest absolute Gasteiger partial charge is 0.341 e. The number of rotatable bonds is 5. The number of hydrogen-bond donors (Lipinski definition) is 0. The van der Waals surface area contributed by atoms with Crippen LogP contribution in [0, 0.1) is 12.8 Å². The quantitative estimate of drug-likeness (QED) is 0.622. The van der Waals surface area contributed by atoms with Gasteiger partial charge in [-0.1, -0.05) is 54.1 Å². The van der Waals surface area contributed by atoms with Crippen LogP contribution in [-0.2, 0) is 18.3 Å². The van der Waals surface area contributed by atoms with Gasteiger partial charge in [-0.15, -0.1) is 0 Å². The molecule has 0 aliphatic carbocycles. The molecule has 1 fully saturated rings. The first-order valence-electron chi connectivity index (χ1n) is 11.2. The molecule has 1 aromatic heterocycles. The Labute approximate surface area is 189 Å². The molecular formula is C26H30N4O2. The summed E-state index contributed by atoms with van der Waals surface area (Å²) in [5.74, 6) is 0.128. The maximum atomic E-state index is 13.2. The molecule has 166 valence electrons. The third-order valence-electron chi connectivity index (χ3n) is 6.21. The summed E-state index contributed by atoms with van der Waals surface area (Å²) in [6, 6.07) is 16.8. The lowest BCUT2D eigenvalue weighted by molar-refractivity contribution is -0.134. The van der Waals surface area contributed by atoms with Crippen molar-refractivity contribution in [2.24, 2.45) is 13.0 Å². The van der Waals surface area contributed by atoms with Gasteiger partial charge < -0.3 is 14.4 Å². The molecule has 0 unspecified atom stereocenters. The molecule has 1 atom stereocenters. The van der Waals surface area contributed by atoms with E-state index in [1.54, 1.807) is 21.9 Å². The van der Waals surface area contributed by atoms with Crippen molar-refractivity contribution in [3.8, 4) is 11.1 Å². The normalized spacial score (nSPS) is 16.8. The third-order valence-corrected chi connectivity index (χ3v) is 6.21. The molecular weight excluding hydrogens is 400 g/mol. The van der Waals surface area contributed by atoms with Crippen LogP contribution >= 0.6 is 0 Å². The molecule has 2 heterocycles. The van der Waals surface area contributed by atoms with Gasteiger partial charge in [-0.2, -0.15) is 0 Å². The molecule has 0 bridgehead atoms. The van der Waals surface area contributed by atoms with Crippen LogP contribution in [0.25, 0.3) is 11.1 Å². The monoisotopic (exact) mass is 430 g/mol. The number of imidazole rings is 1. The summed E-state index contributed by atoms with van der Waals surface area (Å²) in [5.41, 5.74) is 4.67. The Morgan fingerprint density at radius 3 is 2.53 bits per heavy atom. The standard InChI is InChI=1S/C26H30N4O2/c1-4-29-14-15-30(26(32)24-27-12-13-28(24)3)18-23(25(29)31)17-20-8-10-21(11-9-20)22-7-5-6-19(2)16-22/h5-13,16,23H,4,14-15,17-18H2,1-3H3/t23-/m1/s1. The first kappa shape index (κ1) is 21.8. The van der Waals surface area contributed by atoms with E-state index in [1.165, 1.54) is 11.1 Å². The van der Waals surface area contributed by atoms with E-state index in [1.807, 2.05) is 18.9 Å². The van der Waals surface area contributed by atoms with Gasteiger partial charge in [0.05, 0.1) is 5.92 Å². The maximum Gasteiger partial charge on any atom is 0.289 e. The summed E-state index contributed by atoms with van der Waals surface area (Å²) >= 11 is 0. The second-order valence-corrected chi connectivity index (χ2v) is 8.50. The predicted molar refractivity (Wildman–Crippen MR) is 125 cm³/mol. The molecule has 0 spiro atoms. The molecule has 3 aromatic rings. The first-order valence-corrected chi connectivity index (χ1v) is 11.2. The Kier molecular flexibility index (Phi) is 6.40. The van der Waals surface area contributed by atoms with Crippen LogP contribution in [0.2, 0.25) is 0 Å². The second kappa shape index (κ2) is 9.39. The van der Waals surface area contributed by atoms with Gasteiger partial charge in [-0.3, -0.25) is 9.59 Å². The number of aryl methyl sites for hydroxylation is 2. The fourth-order valence-corrected chi connectivity index (χ4v) is 4.35. The molecule has 6 heteroatoms. The van der Waals surface area contributed by atoms with Crippen LogP contribution in [0.5, 0.6) is 0 Å². The van der Waals surface area contributed by atoms with Gasteiger partial charge in [-0.25, -0.2) is 4.98 Å². The van der Waals surface area contributed by atoms with Gasteiger partial charge in [0, 0.05) is 45.6 Å². The van der Waals surface area contributed by atoms with E-state index < -0.39 is 0 Å². The molecule has 0 radical (unpaired) electrons. The summed E-state index contributed by atoms with van der Waals surface area (Å²) in [6.07, 6.45) is 4.00. The fourth-order valence-electron chi connectivity index (χ4n) is 4.35. The van der Waals surface area contributed by atoms with Crippen LogP contribution in [0.15, 0.2) is 60.9 Å². The molecule has 0 N–H and O–H groups in total. The lowest BCUT2D eigenvalue weighted by atomic mass is 9.95. The Hall–Kier alpha value is -3.41. The molecule has 4 rings (SSSR count). The second-order valence-electron chi connectivity index (χ2n) is 8.50. The Morgan fingerprint density at radius 1 is 1.09 bits per heavy atom. The van der Waals surface area contributed by atoms with Crippen molar-refractivity contribution in [1.29, 1.82) is 0 Å². The Balaban J connectivity index is 1.54. The summed E-state index contributed by atoms with van der Waals surface area (Å²) < 4.78 is 1.73. The maximum absolute atomic E-state index is 13.2. The van der Waals surface area contributed by atoms with Crippen molar-refractivity contribution in [1.82, 2.24) is 19.4 Å². The van der Waals surface area contributed by atoms with E-state index in [0.29, 0.717) is 38.4 Å². The van der Waals surface area contributed by atoms with E-state index in [4.69, 9.17) is 0 Å². The van der Waals surface area contributed by atoms with Gasteiger partial charge in [0.25, 0.3) is 5.91 Å². The number of benzene rings is 2. The van der Waals surface area contributed by atoms with E-state index >= 15 is 0 Å². The van der Waals surface area contributed by atoms with Gasteiger partial charge in [0.1, 0.15) is 0 Å². The average molecular weight is 431 g/mol. The van der Waals surface area contributed by atoms with Crippen molar-refractivity contribution < 1.29 is 9.59 Å². The van der Waals surface area contributed by atoms with Crippen LogP contribution in [0.3, 0.4) is 0 Å². The number of carbonyl (C=O) groups excluding carboxylic acids is 2. The molecule has 1 saturated heterocycles. The van der Waals surface area contributed by atoms with E-state index in [0.717, 1.165) is 11.1 Å². The number of amides is 2. The number of likely N-dealkylation sites (N-methyl/N-ethyl adjacent to an activating group) is 1.